The zero-order valence-electron chi connectivity index (χ0n) is 11.6. The van der Waals surface area contributed by atoms with Crippen LogP contribution in [-0.4, -0.2) is 16.6 Å². The van der Waals surface area contributed by atoms with Crippen molar-refractivity contribution in [3.63, 3.8) is 0 Å². The average molecular weight is 288 g/mol. The summed E-state index contributed by atoms with van der Waals surface area (Å²) < 4.78 is 13.0. The van der Waals surface area contributed by atoms with Gasteiger partial charge in [-0.15, -0.1) is 0 Å². The van der Waals surface area contributed by atoms with Gasteiger partial charge in [-0.2, -0.15) is 0 Å². The van der Waals surface area contributed by atoms with Crippen molar-refractivity contribution in [1.29, 1.82) is 0 Å². The van der Waals surface area contributed by atoms with Gasteiger partial charge >= 0.3 is 5.97 Å². The molecule has 1 aromatic carbocycles. The van der Waals surface area contributed by atoms with E-state index in [2.05, 4.69) is 5.32 Å². The molecule has 0 saturated carbocycles. The number of carboxylic acids is 1. The fourth-order valence-corrected chi connectivity index (χ4v) is 1.66. The SMILES string of the molecule is CC(C)(NCc1ccc(F)c(Cl)c1)C(C)(C)C(=O)O. The van der Waals surface area contributed by atoms with Crippen LogP contribution in [0, 0.1) is 11.2 Å². The highest BCUT2D eigenvalue weighted by Gasteiger charge is 2.42. The van der Waals surface area contributed by atoms with Crippen molar-refractivity contribution < 1.29 is 14.3 Å². The van der Waals surface area contributed by atoms with Crippen molar-refractivity contribution in [2.45, 2.75) is 39.8 Å². The fourth-order valence-electron chi connectivity index (χ4n) is 1.46. The van der Waals surface area contributed by atoms with Crippen LogP contribution < -0.4 is 5.32 Å². The van der Waals surface area contributed by atoms with Crippen molar-refractivity contribution in [3.05, 3.63) is 34.6 Å². The molecule has 0 spiro atoms. The molecule has 1 rings (SSSR count). The summed E-state index contributed by atoms with van der Waals surface area (Å²) in [6.45, 7) is 7.40. The average Bonchev–Trinajstić information content (AvgIpc) is 2.30. The minimum atomic E-state index is -0.934. The molecular weight excluding hydrogens is 269 g/mol. The van der Waals surface area contributed by atoms with E-state index in [0.717, 1.165) is 5.56 Å². The molecule has 0 aliphatic rings. The van der Waals surface area contributed by atoms with Gasteiger partial charge in [0.25, 0.3) is 0 Å². The molecule has 0 heterocycles. The molecule has 2 N–H and O–H groups in total. The first-order chi connectivity index (χ1) is 8.58. The molecule has 0 aliphatic carbocycles. The number of rotatable bonds is 5. The second kappa shape index (κ2) is 5.47. The molecule has 0 saturated heterocycles. The van der Waals surface area contributed by atoms with Gasteiger partial charge in [0.15, 0.2) is 0 Å². The highest BCUT2D eigenvalue weighted by molar-refractivity contribution is 6.30. The van der Waals surface area contributed by atoms with Crippen molar-refractivity contribution in [2.75, 3.05) is 0 Å². The summed E-state index contributed by atoms with van der Waals surface area (Å²) in [6.07, 6.45) is 0. The Kier molecular flexibility index (Phi) is 4.59. The summed E-state index contributed by atoms with van der Waals surface area (Å²) in [6, 6.07) is 4.46. The summed E-state index contributed by atoms with van der Waals surface area (Å²) in [7, 11) is 0. The summed E-state index contributed by atoms with van der Waals surface area (Å²) in [5.74, 6) is -1.34. The Balaban J connectivity index is 2.80. The van der Waals surface area contributed by atoms with Gasteiger partial charge in [0.05, 0.1) is 10.4 Å². The fraction of sp³-hybridized carbons (Fsp3) is 0.500. The lowest BCUT2D eigenvalue weighted by Gasteiger charge is -2.39. The van der Waals surface area contributed by atoms with E-state index in [0.29, 0.717) is 6.54 Å². The van der Waals surface area contributed by atoms with Crippen LogP contribution in [0.25, 0.3) is 0 Å². The molecule has 19 heavy (non-hydrogen) atoms. The van der Waals surface area contributed by atoms with Crippen LogP contribution in [0.2, 0.25) is 5.02 Å². The number of aliphatic carboxylic acids is 1. The Morgan fingerprint density at radius 2 is 1.95 bits per heavy atom. The quantitative estimate of drug-likeness (QED) is 0.872. The molecule has 0 radical (unpaired) electrons. The van der Waals surface area contributed by atoms with Crippen LogP contribution in [-0.2, 0) is 11.3 Å². The maximum absolute atomic E-state index is 13.0. The summed E-state index contributed by atoms with van der Waals surface area (Å²) in [5.41, 5.74) is -0.753. The van der Waals surface area contributed by atoms with Crippen molar-refractivity contribution in [1.82, 2.24) is 5.32 Å². The van der Waals surface area contributed by atoms with E-state index in [1.807, 2.05) is 13.8 Å². The second-order valence-electron chi connectivity index (χ2n) is 5.66. The number of hydrogen-bond acceptors (Lipinski definition) is 2. The predicted molar refractivity (Wildman–Crippen MR) is 73.7 cm³/mol. The largest absolute Gasteiger partial charge is 0.481 e. The van der Waals surface area contributed by atoms with E-state index in [9.17, 15) is 14.3 Å². The van der Waals surface area contributed by atoms with E-state index in [1.54, 1.807) is 19.9 Å². The lowest BCUT2D eigenvalue weighted by atomic mass is 9.74. The van der Waals surface area contributed by atoms with Gasteiger partial charge < -0.3 is 10.4 Å². The Labute approximate surface area is 117 Å². The van der Waals surface area contributed by atoms with E-state index < -0.39 is 22.7 Å². The maximum atomic E-state index is 13.0. The number of halogens is 2. The van der Waals surface area contributed by atoms with Gasteiger partial charge in [-0.25, -0.2) is 4.39 Å². The van der Waals surface area contributed by atoms with Gasteiger partial charge in [0.2, 0.25) is 0 Å². The minimum Gasteiger partial charge on any atom is -0.481 e. The van der Waals surface area contributed by atoms with Gasteiger partial charge in [-0.3, -0.25) is 4.79 Å². The van der Waals surface area contributed by atoms with E-state index in [-0.39, 0.29) is 5.02 Å². The Bertz CT molecular complexity index is 486. The van der Waals surface area contributed by atoms with E-state index in [4.69, 9.17) is 11.6 Å². The molecule has 0 bridgehead atoms. The third kappa shape index (κ3) is 3.45. The van der Waals surface area contributed by atoms with E-state index in [1.165, 1.54) is 12.1 Å². The summed E-state index contributed by atoms with van der Waals surface area (Å²) in [5, 5.41) is 12.5. The van der Waals surface area contributed by atoms with Crippen LogP contribution in [0.5, 0.6) is 0 Å². The standard InChI is InChI=1S/C14H19ClFNO2/c1-13(2,12(18)19)14(3,4)17-8-9-5-6-11(16)10(15)7-9/h5-7,17H,8H2,1-4H3,(H,18,19). The molecule has 106 valence electrons. The van der Waals surface area contributed by atoms with E-state index >= 15 is 0 Å². The van der Waals surface area contributed by atoms with Crippen LogP contribution in [0.4, 0.5) is 4.39 Å². The van der Waals surface area contributed by atoms with Gasteiger partial charge in [-0.1, -0.05) is 17.7 Å². The highest BCUT2D eigenvalue weighted by Crippen LogP contribution is 2.31. The third-order valence-electron chi connectivity index (χ3n) is 3.82. The van der Waals surface area contributed by atoms with Gasteiger partial charge in [0, 0.05) is 12.1 Å². The summed E-state index contributed by atoms with van der Waals surface area (Å²) in [4.78, 5) is 11.3. The first kappa shape index (κ1) is 15.9. The number of carboxylic acid groups (broad SMARTS) is 1. The number of nitrogens with one attached hydrogen (secondary N) is 1. The Morgan fingerprint density at radius 3 is 2.42 bits per heavy atom. The number of carbonyl (C=O) groups is 1. The molecule has 0 aliphatic heterocycles. The second-order valence-corrected chi connectivity index (χ2v) is 6.06. The lowest BCUT2D eigenvalue weighted by Crippen LogP contribution is -2.54. The first-order valence-corrected chi connectivity index (χ1v) is 6.38. The maximum Gasteiger partial charge on any atom is 0.310 e. The normalized spacial score (nSPS) is 12.5. The third-order valence-corrected chi connectivity index (χ3v) is 4.11. The topological polar surface area (TPSA) is 49.3 Å². The monoisotopic (exact) mass is 287 g/mol. The zero-order valence-corrected chi connectivity index (χ0v) is 12.3. The molecular formula is C14H19ClFNO2. The molecule has 0 fully saturated rings. The first-order valence-electron chi connectivity index (χ1n) is 6.00. The molecule has 5 heteroatoms. The smallest absolute Gasteiger partial charge is 0.310 e. The molecule has 3 nitrogen and oxygen atoms in total. The highest BCUT2D eigenvalue weighted by atomic mass is 35.5. The van der Waals surface area contributed by atoms with Crippen LogP contribution in [0.3, 0.4) is 0 Å². The molecule has 0 amide bonds. The number of hydrogen-bond donors (Lipinski definition) is 2. The van der Waals surface area contributed by atoms with Crippen LogP contribution >= 0.6 is 11.6 Å². The predicted octanol–water partition coefficient (Wildman–Crippen LogP) is 3.46. The Hall–Kier alpha value is -1.13. The van der Waals surface area contributed by atoms with Gasteiger partial charge in [-0.05, 0) is 45.4 Å². The summed E-state index contributed by atoms with van der Waals surface area (Å²) >= 11 is 5.71. The van der Waals surface area contributed by atoms with Crippen molar-refractivity contribution in [2.24, 2.45) is 5.41 Å². The molecule has 0 unspecified atom stereocenters. The van der Waals surface area contributed by atoms with Crippen LogP contribution in [0.15, 0.2) is 18.2 Å². The van der Waals surface area contributed by atoms with Crippen molar-refractivity contribution >= 4 is 17.6 Å². The number of benzene rings is 1. The van der Waals surface area contributed by atoms with Crippen molar-refractivity contribution in [3.8, 4) is 0 Å². The molecule has 0 atom stereocenters. The van der Waals surface area contributed by atoms with Gasteiger partial charge in [0.1, 0.15) is 5.82 Å². The lowest BCUT2D eigenvalue weighted by molar-refractivity contribution is -0.151. The minimum absolute atomic E-state index is 0.0644. The molecule has 0 aromatic heterocycles. The Morgan fingerprint density at radius 1 is 1.37 bits per heavy atom. The molecule has 1 aromatic rings. The zero-order chi connectivity index (χ0) is 14.8. The van der Waals surface area contributed by atoms with Crippen LogP contribution in [0.1, 0.15) is 33.3 Å².